The van der Waals surface area contributed by atoms with E-state index in [2.05, 4.69) is 71.4 Å². The standard InChI is InChI=1S/C29H31N3O3/c1-4-34-28(33)31-30-20-22-21-32(27-13-9-8-12-26(22)27)18-19-35-25-16-14-24(15-17-25)29(2,3)23-10-6-5-7-11-23/h5-17,20-21H,4,18-19H2,1-3H3,(H,31,33)/b30-20+. The first-order valence-electron chi connectivity index (χ1n) is 11.8. The molecule has 6 heteroatoms. The van der Waals surface area contributed by atoms with Gasteiger partial charge in [-0.15, -0.1) is 0 Å². The molecule has 4 rings (SSSR count). The van der Waals surface area contributed by atoms with Gasteiger partial charge in [-0.05, 0) is 36.2 Å². The average Bonchev–Trinajstić information content (AvgIpc) is 3.23. The van der Waals surface area contributed by atoms with Crippen molar-refractivity contribution in [1.29, 1.82) is 0 Å². The number of rotatable bonds is 9. The van der Waals surface area contributed by atoms with Crippen LogP contribution in [0.3, 0.4) is 0 Å². The molecule has 35 heavy (non-hydrogen) atoms. The van der Waals surface area contributed by atoms with Gasteiger partial charge in [0.25, 0.3) is 0 Å². The molecule has 0 aliphatic heterocycles. The highest BCUT2D eigenvalue weighted by Crippen LogP contribution is 2.32. The van der Waals surface area contributed by atoms with Crippen LogP contribution in [0.25, 0.3) is 10.9 Å². The van der Waals surface area contributed by atoms with E-state index in [1.54, 1.807) is 13.1 Å². The molecule has 6 nitrogen and oxygen atoms in total. The Labute approximate surface area is 206 Å². The zero-order valence-electron chi connectivity index (χ0n) is 20.4. The number of nitrogens with one attached hydrogen (secondary N) is 1. The number of amides is 1. The Kier molecular flexibility index (Phi) is 7.51. The molecule has 0 bridgehead atoms. The molecule has 0 fully saturated rings. The van der Waals surface area contributed by atoms with E-state index in [-0.39, 0.29) is 5.41 Å². The molecule has 180 valence electrons. The van der Waals surface area contributed by atoms with Crippen molar-refractivity contribution in [2.75, 3.05) is 13.2 Å². The van der Waals surface area contributed by atoms with E-state index in [0.29, 0.717) is 19.8 Å². The Morgan fingerprint density at radius 2 is 1.66 bits per heavy atom. The summed E-state index contributed by atoms with van der Waals surface area (Å²) in [5, 5.41) is 5.06. The van der Waals surface area contributed by atoms with Crippen LogP contribution in [0, 0.1) is 0 Å². The van der Waals surface area contributed by atoms with Gasteiger partial charge >= 0.3 is 6.09 Å². The summed E-state index contributed by atoms with van der Waals surface area (Å²) in [7, 11) is 0. The van der Waals surface area contributed by atoms with Crippen LogP contribution >= 0.6 is 0 Å². The number of nitrogens with zero attached hydrogens (tertiary/aromatic N) is 2. The lowest BCUT2D eigenvalue weighted by molar-refractivity contribution is 0.152. The number of ether oxygens (including phenoxy) is 2. The number of hydrogen-bond acceptors (Lipinski definition) is 4. The number of hydrogen-bond donors (Lipinski definition) is 1. The van der Waals surface area contributed by atoms with Crippen LogP contribution in [0.2, 0.25) is 0 Å². The smallest absolute Gasteiger partial charge is 0.427 e. The van der Waals surface area contributed by atoms with Crippen molar-refractivity contribution in [3.8, 4) is 5.75 Å². The van der Waals surface area contributed by atoms with Crippen molar-refractivity contribution < 1.29 is 14.3 Å². The molecule has 0 aliphatic rings. The summed E-state index contributed by atoms with van der Waals surface area (Å²) in [4.78, 5) is 11.5. The molecule has 1 amide bonds. The molecule has 3 aromatic carbocycles. The molecular formula is C29H31N3O3. The third kappa shape index (κ3) is 5.72. The van der Waals surface area contributed by atoms with Gasteiger partial charge in [-0.2, -0.15) is 5.10 Å². The zero-order valence-corrected chi connectivity index (χ0v) is 20.4. The number of para-hydroxylation sites is 1. The number of carbonyl (C=O) groups is 1. The monoisotopic (exact) mass is 469 g/mol. The summed E-state index contributed by atoms with van der Waals surface area (Å²) in [6.45, 7) is 7.72. The van der Waals surface area contributed by atoms with Crippen molar-refractivity contribution in [2.24, 2.45) is 5.10 Å². The molecule has 0 spiro atoms. The van der Waals surface area contributed by atoms with E-state index < -0.39 is 6.09 Å². The highest BCUT2D eigenvalue weighted by Gasteiger charge is 2.22. The van der Waals surface area contributed by atoms with Gasteiger partial charge in [-0.25, -0.2) is 10.2 Å². The number of aromatic nitrogens is 1. The predicted octanol–water partition coefficient (Wildman–Crippen LogP) is 6.13. The molecule has 1 N–H and O–H groups in total. The van der Waals surface area contributed by atoms with Crippen molar-refractivity contribution in [2.45, 2.75) is 32.7 Å². The van der Waals surface area contributed by atoms with Crippen molar-refractivity contribution in [3.63, 3.8) is 0 Å². The zero-order chi connectivity index (χ0) is 24.7. The maximum atomic E-state index is 11.5. The molecule has 4 aromatic rings. The molecular weight excluding hydrogens is 438 g/mol. The van der Waals surface area contributed by atoms with Crippen LogP contribution in [-0.2, 0) is 16.7 Å². The minimum absolute atomic E-state index is 0.0794. The fourth-order valence-electron chi connectivity index (χ4n) is 4.13. The van der Waals surface area contributed by atoms with Gasteiger partial charge in [0.05, 0.1) is 19.4 Å². The fourth-order valence-corrected chi connectivity index (χ4v) is 4.13. The predicted molar refractivity (Wildman–Crippen MR) is 140 cm³/mol. The molecule has 0 atom stereocenters. The van der Waals surface area contributed by atoms with E-state index in [9.17, 15) is 4.79 Å². The van der Waals surface area contributed by atoms with E-state index in [0.717, 1.165) is 22.2 Å². The molecule has 0 unspecified atom stereocenters. The first-order chi connectivity index (χ1) is 17.0. The fraction of sp³-hybridized carbons (Fsp3) is 0.241. The maximum absolute atomic E-state index is 11.5. The van der Waals surface area contributed by atoms with Gasteiger partial charge in [0.1, 0.15) is 12.4 Å². The average molecular weight is 470 g/mol. The Hall–Kier alpha value is -4.06. The highest BCUT2D eigenvalue weighted by molar-refractivity contribution is 5.99. The van der Waals surface area contributed by atoms with Crippen molar-refractivity contribution in [3.05, 3.63) is 102 Å². The molecule has 0 radical (unpaired) electrons. The normalized spacial score (nSPS) is 11.6. The first-order valence-corrected chi connectivity index (χ1v) is 11.8. The SMILES string of the molecule is CCOC(=O)N/N=C/c1cn(CCOc2ccc(C(C)(C)c3ccccc3)cc2)c2ccccc12. The second kappa shape index (κ2) is 10.9. The van der Waals surface area contributed by atoms with Gasteiger partial charge in [-0.1, -0.05) is 74.5 Å². The van der Waals surface area contributed by atoms with Gasteiger partial charge in [0.15, 0.2) is 0 Å². The quantitative estimate of drug-likeness (QED) is 0.237. The topological polar surface area (TPSA) is 64.8 Å². The van der Waals surface area contributed by atoms with Crippen LogP contribution in [0.5, 0.6) is 5.75 Å². The lowest BCUT2D eigenvalue weighted by Gasteiger charge is -2.26. The van der Waals surface area contributed by atoms with Crippen LogP contribution in [0.4, 0.5) is 4.79 Å². The summed E-state index contributed by atoms with van der Waals surface area (Å²) in [6, 6.07) is 27.0. The number of benzene rings is 3. The van der Waals surface area contributed by atoms with Gasteiger partial charge in [0.2, 0.25) is 0 Å². The van der Waals surface area contributed by atoms with E-state index in [1.807, 2.05) is 42.6 Å². The van der Waals surface area contributed by atoms with Gasteiger partial charge in [-0.3, -0.25) is 0 Å². The molecule has 0 aliphatic carbocycles. The number of fused-ring (bicyclic) bond motifs is 1. The molecule has 0 saturated heterocycles. The molecule has 1 aromatic heterocycles. The second-order valence-electron chi connectivity index (χ2n) is 8.75. The van der Waals surface area contributed by atoms with Crippen molar-refractivity contribution in [1.82, 2.24) is 9.99 Å². The summed E-state index contributed by atoms with van der Waals surface area (Å²) in [5.74, 6) is 0.842. The summed E-state index contributed by atoms with van der Waals surface area (Å²) in [5.41, 5.74) is 6.80. The lowest BCUT2D eigenvalue weighted by Crippen LogP contribution is -2.18. The van der Waals surface area contributed by atoms with Crippen molar-refractivity contribution >= 4 is 23.2 Å². The molecule has 0 saturated carbocycles. The Bertz CT molecular complexity index is 1290. The first kappa shape index (κ1) is 24.1. The Balaban J connectivity index is 1.40. The third-order valence-corrected chi connectivity index (χ3v) is 6.13. The van der Waals surface area contributed by atoms with Crippen LogP contribution in [0.15, 0.2) is 90.2 Å². The van der Waals surface area contributed by atoms with E-state index in [1.165, 1.54) is 11.1 Å². The third-order valence-electron chi connectivity index (χ3n) is 6.13. The van der Waals surface area contributed by atoms with Crippen LogP contribution in [0.1, 0.15) is 37.5 Å². The van der Waals surface area contributed by atoms with Crippen LogP contribution < -0.4 is 10.2 Å². The minimum Gasteiger partial charge on any atom is -0.492 e. The van der Waals surface area contributed by atoms with Gasteiger partial charge < -0.3 is 14.0 Å². The van der Waals surface area contributed by atoms with E-state index >= 15 is 0 Å². The summed E-state index contributed by atoms with van der Waals surface area (Å²) in [6.07, 6.45) is 3.07. The van der Waals surface area contributed by atoms with E-state index in [4.69, 9.17) is 9.47 Å². The highest BCUT2D eigenvalue weighted by atomic mass is 16.5. The lowest BCUT2D eigenvalue weighted by atomic mass is 9.78. The number of hydrazone groups is 1. The second-order valence-corrected chi connectivity index (χ2v) is 8.75. The van der Waals surface area contributed by atoms with Crippen LogP contribution in [-0.4, -0.2) is 30.1 Å². The van der Waals surface area contributed by atoms with Gasteiger partial charge in [0, 0.05) is 28.1 Å². The summed E-state index contributed by atoms with van der Waals surface area (Å²) >= 11 is 0. The maximum Gasteiger partial charge on any atom is 0.427 e. The Morgan fingerprint density at radius 3 is 2.40 bits per heavy atom. The number of carbonyl (C=O) groups excluding carboxylic acids is 1. The minimum atomic E-state index is -0.570. The molecule has 1 heterocycles. The Morgan fingerprint density at radius 1 is 0.971 bits per heavy atom. The summed E-state index contributed by atoms with van der Waals surface area (Å²) < 4.78 is 13.0. The largest absolute Gasteiger partial charge is 0.492 e.